The van der Waals surface area contributed by atoms with E-state index in [0.717, 1.165) is 10.9 Å². The first-order chi connectivity index (χ1) is 5.40. The third-order valence-electron chi connectivity index (χ3n) is 1.67. The number of nitrogens with one attached hydrogen (secondary N) is 2. The predicted molar refractivity (Wildman–Crippen MR) is 42.3 cm³/mol. The van der Waals surface area contributed by atoms with Gasteiger partial charge in [-0.2, -0.15) is 0 Å². The van der Waals surface area contributed by atoms with Crippen molar-refractivity contribution < 1.29 is 5.18 Å². The summed E-state index contributed by atoms with van der Waals surface area (Å²) in [7, 11) is 0. The fourth-order valence-electron chi connectivity index (χ4n) is 1.12. The van der Waals surface area contributed by atoms with Crippen LogP contribution in [0.15, 0.2) is 30.5 Å². The Balaban J connectivity index is 2.76. The van der Waals surface area contributed by atoms with Crippen molar-refractivity contribution in [1.82, 2.24) is 4.98 Å². The molecule has 0 fully saturated rings. The first-order valence-electron chi connectivity index (χ1n) is 3.35. The number of aromatic amines is 1. The molecular formula is C8H7N2O+. The number of benzene rings is 1. The van der Waals surface area contributed by atoms with Crippen molar-refractivity contribution in [3.05, 3.63) is 35.4 Å². The Morgan fingerprint density at radius 3 is 3.00 bits per heavy atom. The summed E-state index contributed by atoms with van der Waals surface area (Å²) in [4.78, 5) is 13.3. The molecule has 0 amide bonds. The molecule has 1 aromatic heterocycles. The van der Waals surface area contributed by atoms with E-state index in [1.165, 1.54) is 0 Å². The van der Waals surface area contributed by atoms with Gasteiger partial charge in [-0.15, -0.1) is 0 Å². The molecule has 2 N–H and O–H groups in total. The summed E-state index contributed by atoms with van der Waals surface area (Å²) in [6, 6.07) is 7.34. The standard InChI is InChI=1S/C8H6N2O/c11-10-7-1-2-8-6(5-7)3-4-9-8/h1-5,9H/p+1. The molecule has 0 bridgehead atoms. The molecule has 0 atom stereocenters. The molecule has 0 saturated heterocycles. The Bertz CT molecular complexity index is 392. The van der Waals surface area contributed by atoms with Crippen LogP contribution in [0, 0.1) is 4.91 Å². The average Bonchev–Trinajstić information content (AvgIpc) is 2.50. The van der Waals surface area contributed by atoms with Crippen molar-refractivity contribution in [2.45, 2.75) is 0 Å². The first kappa shape index (κ1) is 6.09. The number of hydrogen-bond acceptors (Lipinski definition) is 1. The van der Waals surface area contributed by atoms with Crippen LogP contribution in [0.5, 0.6) is 0 Å². The third-order valence-corrected chi connectivity index (χ3v) is 1.67. The summed E-state index contributed by atoms with van der Waals surface area (Å²) in [5, 5.41) is 2.89. The highest BCUT2D eigenvalue weighted by Crippen LogP contribution is 2.13. The van der Waals surface area contributed by atoms with Gasteiger partial charge in [-0.25, -0.2) is 0 Å². The highest BCUT2D eigenvalue weighted by molar-refractivity contribution is 5.81. The van der Waals surface area contributed by atoms with Crippen LogP contribution in [0.3, 0.4) is 0 Å². The molecule has 11 heavy (non-hydrogen) atoms. The van der Waals surface area contributed by atoms with E-state index in [-0.39, 0.29) is 0 Å². The molecule has 2 rings (SSSR count). The van der Waals surface area contributed by atoms with Crippen LogP contribution in [0.2, 0.25) is 0 Å². The third kappa shape index (κ3) is 0.902. The van der Waals surface area contributed by atoms with Crippen LogP contribution < -0.4 is 5.18 Å². The van der Waals surface area contributed by atoms with Crippen molar-refractivity contribution in [2.75, 3.05) is 0 Å². The zero-order valence-corrected chi connectivity index (χ0v) is 5.79. The molecule has 1 heterocycles. The van der Waals surface area contributed by atoms with E-state index in [4.69, 9.17) is 0 Å². The molecule has 54 valence electrons. The number of fused-ring (bicyclic) bond motifs is 1. The van der Waals surface area contributed by atoms with Gasteiger partial charge in [0.25, 0.3) is 5.69 Å². The molecule has 3 nitrogen and oxygen atoms in total. The minimum absolute atomic E-state index is 0.595. The van der Waals surface area contributed by atoms with Gasteiger partial charge in [-0.05, 0) is 12.1 Å². The summed E-state index contributed by atoms with van der Waals surface area (Å²) in [5.41, 5.74) is 1.64. The highest BCUT2D eigenvalue weighted by Gasteiger charge is 1.99. The topological polar surface area (TPSA) is 46.8 Å². The fraction of sp³-hybridized carbons (Fsp3) is 0. The van der Waals surface area contributed by atoms with E-state index in [1.807, 2.05) is 23.5 Å². The number of aromatic nitrogens is 1. The molecule has 0 aliphatic heterocycles. The predicted octanol–water partition coefficient (Wildman–Crippen LogP) is 0.646. The van der Waals surface area contributed by atoms with Crippen molar-refractivity contribution in [2.24, 2.45) is 0 Å². The van der Waals surface area contributed by atoms with Gasteiger partial charge in [0.05, 0.1) is 0 Å². The summed E-state index contributed by atoms with van der Waals surface area (Å²) in [5.74, 6) is 0. The molecule has 0 aliphatic carbocycles. The maximum Gasteiger partial charge on any atom is 0.254 e. The Hall–Kier alpha value is -1.64. The van der Waals surface area contributed by atoms with Gasteiger partial charge in [0.2, 0.25) is 0 Å². The van der Waals surface area contributed by atoms with Gasteiger partial charge in [0, 0.05) is 39.3 Å². The quantitative estimate of drug-likeness (QED) is 0.611. The maximum atomic E-state index is 10.2. The van der Waals surface area contributed by atoms with Crippen LogP contribution in [-0.4, -0.2) is 4.98 Å². The maximum absolute atomic E-state index is 10.2. The van der Waals surface area contributed by atoms with E-state index < -0.39 is 0 Å². The number of rotatable bonds is 1. The highest BCUT2D eigenvalue weighted by atomic mass is 16.3. The molecule has 0 unspecified atom stereocenters. The SMILES string of the molecule is O=[NH+]c1ccc2[nH]ccc2c1. The normalized spacial score (nSPS) is 10.2. The van der Waals surface area contributed by atoms with Crippen molar-refractivity contribution >= 4 is 16.6 Å². The van der Waals surface area contributed by atoms with Gasteiger partial charge >= 0.3 is 0 Å². The number of H-pyrrole nitrogens is 1. The fourth-order valence-corrected chi connectivity index (χ4v) is 1.12. The van der Waals surface area contributed by atoms with Crippen molar-refractivity contribution in [3.63, 3.8) is 0 Å². The largest absolute Gasteiger partial charge is 0.361 e. The zero-order valence-electron chi connectivity index (χ0n) is 5.79. The average molecular weight is 147 g/mol. The van der Waals surface area contributed by atoms with Gasteiger partial charge in [0.1, 0.15) is 0 Å². The Labute approximate surface area is 63.0 Å². The van der Waals surface area contributed by atoms with Gasteiger partial charge in [0.15, 0.2) is 0 Å². The molecule has 0 saturated carbocycles. The Kier molecular flexibility index (Phi) is 1.22. The Morgan fingerprint density at radius 1 is 1.27 bits per heavy atom. The summed E-state index contributed by atoms with van der Waals surface area (Å²) < 4.78 is 0. The van der Waals surface area contributed by atoms with Gasteiger partial charge in [-0.3, -0.25) is 0 Å². The van der Waals surface area contributed by atoms with E-state index in [9.17, 15) is 4.91 Å². The summed E-state index contributed by atoms with van der Waals surface area (Å²) in [6.07, 6.45) is 1.85. The molecule has 0 radical (unpaired) electrons. The van der Waals surface area contributed by atoms with Crippen LogP contribution in [0.4, 0.5) is 5.69 Å². The second kappa shape index (κ2) is 2.20. The molecular weight excluding hydrogens is 140 g/mol. The second-order valence-electron chi connectivity index (χ2n) is 2.38. The second-order valence-corrected chi connectivity index (χ2v) is 2.38. The zero-order chi connectivity index (χ0) is 7.68. The lowest BCUT2D eigenvalue weighted by Crippen LogP contribution is -2.55. The van der Waals surface area contributed by atoms with Crippen LogP contribution >= 0.6 is 0 Å². The summed E-state index contributed by atoms with van der Waals surface area (Å²) in [6.45, 7) is 0. The number of nitroso groups, excluding NO2 is 1. The van der Waals surface area contributed by atoms with Gasteiger partial charge in [-0.1, -0.05) is 0 Å². The van der Waals surface area contributed by atoms with Gasteiger partial charge < -0.3 is 4.98 Å². The Morgan fingerprint density at radius 2 is 2.18 bits per heavy atom. The lowest BCUT2D eigenvalue weighted by Gasteiger charge is -1.84. The molecule has 0 spiro atoms. The monoisotopic (exact) mass is 147 g/mol. The van der Waals surface area contributed by atoms with E-state index >= 15 is 0 Å². The molecule has 2 aromatic rings. The molecule has 0 aliphatic rings. The minimum Gasteiger partial charge on any atom is -0.361 e. The smallest absolute Gasteiger partial charge is 0.254 e. The van der Waals surface area contributed by atoms with Crippen molar-refractivity contribution in [1.29, 1.82) is 0 Å². The van der Waals surface area contributed by atoms with E-state index in [2.05, 4.69) is 4.98 Å². The van der Waals surface area contributed by atoms with Crippen LogP contribution in [0.1, 0.15) is 0 Å². The van der Waals surface area contributed by atoms with Crippen LogP contribution in [0.25, 0.3) is 10.9 Å². The minimum atomic E-state index is 0.595. The van der Waals surface area contributed by atoms with E-state index in [0.29, 0.717) is 5.69 Å². The first-order valence-corrected chi connectivity index (χ1v) is 3.35. The van der Waals surface area contributed by atoms with Crippen LogP contribution in [-0.2, 0) is 0 Å². The lowest BCUT2D eigenvalue weighted by atomic mass is 10.2. The molecule has 1 aromatic carbocycles. The van der Waals surface area contributed by atoms with Crippen molar-refractivity contribution in [3.8, 4) is 0 Å². The van der Waals surface area contributed by atoms with E-state index in [1.54, 1.807) is 12.1 Å². The lowest BCUT2D eigenvalue weighted by molar-refractivity contribution is -0.379. The summed E-state index contributed by atoms with van der Waals surface area (Å²) >= 11 is 0. The molecule has 3 heteroatoms. The number of hydrogen-bond donors (Lipinski definition) is 2.